The molecule has 1 aromatic rings. The standard InChI is InChI=1S/C7H8O3S.C6H12O3/c1-6-2-4-7(5-3-6)11(8,9)10;1-5(2)6(3,4-7)9-8-5/h2-5H,1H3,(H,8,9,10);7H,4H2,1-3H3. The predicted molar refractivity (Wildman–Crippen MR) is 72.7 cm³/mol. The third-order valence-corrected chi connectivity index (χ3v) is 4.20. The highest BCUT2D eigenvalue weighted by atomic mass is 32.2. The van der Waals surface area contributed by atoms with E-state index in [1.54, 1.807) is 12.1 Å². The lowest BCUT2D eigenvalue weighted by Crippen LogP contribution is -2.63. The van der Waals surface area contributed by atoms with Crippen molar-refractivity contribution in [2.24, 2.45) is 0 Å². The molecule has 0 spiro atoms. The number of benzene rings is 1. The predicted octanol–water partition coefficient (Wildman–Crippen LogP) is 1.72. The molecule has 1 saturated heterocycles. The Morgan fingerprint density at radius 3 is 1.80 bits per heavy atom. The van der Waals surface area contributed by atoms with Gasteiger partial charge in [-0.15, -0.1) is 0 Å². The van der Waals surface area contributed by atoms with Gasteiger partial charge in [-0.3, -0.25) is 4.55 Å². The molecule has 0 bridgehead atoms. The second-order valence-electron chi connectivity index (χ2n) is 5.35. The topological polar surface area (TPSA) is 93.1 Å². The largest absolute Gasteiger partial charge is 0.393 e. The Labute approximate surface area is 119 Å². The quantitative estimate of drug-likeness (QED) is 0.638. The van der Waals surface area contributed by atoms with Crippen molar-refractivity contribution in [3.63, 3.8) is 0 Å². The number of hydrogen-bond acceptors (Lipinski definition) is 5. The summed E-state index contributed by atoms with van der Waals surface area (Å²) in [6, 6.07) is 5.99. The van der Waals surface area contributed by atoms with Crippen LogP contribution in [0.25, 0.3) is 0 Å². The van der Waals surface area contributed by atoms with Gasteiger partial charge in [-0.05, 0) is 39.8 Å². The molecular formula is C13H20O6S. The van der Waals surface area contributed by atoms with Crippen molar-refractivity contribution in [1.29, 1.82) is 0 Å². The van der Waals surface area contributed by atoms with Crippen molar-refractivity contribution in [2.45, 2.75) is 43.8 Å². The highest BCUT2D eigenvalue weighted by Crippen LogP contribution is 2.39. The number of aliphatic hydroxyl groups excluding tert-OH is 1. The summed E-state index contributed by atoms with van der Waals surface area (Å²) in [5, 5.41) is 8.78. The molecule has 0 aromatic heterocycles. The lowest BCUT2D eigenvalue weighted by Gasteiger charge is -2.49. The molecule has 1 unspecified atom stereocenters. The molecule has 114 valence electrons. The zero-order chi connectivity index (χ0) is 15.6. The Bertz CT molecular complexity index is 545. The molecule has 7 heteroatoms. The Morgan fingerprint density at radius 1 is 1.10 bits per heavy atom. The van der Waals surface area contributed by atoms with Crippen LogP contribution in [0.3, 0.4) is 0 Å². The summed E-state index contributed by atoms with van der Waals surface area (Å²) < 4.78 is 29.6. The molecule has 0 amide bonds. The summed E-state index contributed by atoms with van der Waals surface area (Å²) in [6.07, 6.45) is 0. The molecule has 1 aliphatic rings. The van der Waals surface area contributed by atoms with E-state index in [0.717, 1.165) is 5.56 Å². The van der Waals surface area contributed by atoms with E-state index < -0.39 is 15.7 Å². The maximum Gasteiger partial charge on any atom is 0.294 e. The highest BCUT2D eigenvalue weighted by molar-refractivity contribution is 7.85. The fourth-order valence-electron chi connectivity index (χ4n) is 1.28. The normalized spacial score (nSPS) is 24.3. The number of hydrogen-bond donors (Lipinski definition) is 2. The summed E-state index contributed by atoms with van der Waals surface area (Å²) in [5.74, 6) is 0. The van der Waals surface area contributed by atoms with Crippen LogP contribution in [0.1, 0.15) is 26.3 Å². The molecule has 6 nitrogen and oxygen atoms in total. The molecular weight excluding hydrogens is 284 g/mol. The number of aryl methyl sites for hydroxylation is 1. The van der Waals surface area contributed by atoms with E-state index in [1.807, 2.05) is 27.7 Å². The van der Waals surface area contributed by atoms with Crippen LogP contribution in [0, 0.1) is 6.92 Å². The molecule has 1 atom stereocenters. The monoisotopic (exact) mass is 304 g/mol. The second-order valence-corrected chi connectivity index (χ2v) is 6.78. The zero-order valence-electron chi connectivity index (χ0n) is 12.0. The molecule has 20 heavy (non-hydrogen) atoms. The van der Waals surface area contributed by atoms with Gasteiger partial charge in [0, 0.05) is 0 Å². The second kappa shape index (κ2) is 5.79. The molecule has 1 aliphatic heterocycles. The molecule has 1 fully saturated rings. The third kappa shape index (κ3) is 3.77. The van der Waals surface area contributed by atoms with Crippen LogP contribution >= 0.6 is 0 Å². The van der Waals surface area contributed by atoms with E-state index in [9.17, 15) is 8.42 Å². The van der Waals surface area contributed by atoms with Crippen LogP contribution in [-0.2, 0) is 19.9 Å². The van der Waals surface area contributed by atoms with E-state index in [2.05, 4.69) is 0 Å². The minimum absolute atomic E-state index is 0. The molecule has 2 N–H and O–H groups in total. The van der Waals surface area contributed by atoms with Gasteiger partial charge >= 0.3 is 0 Å². The first kappa shape index (κ1) is 17.1. The fraction of sp³-hybridized carbons (Fsp3) is 0.538. The molecule has 0 saturated carbocycles. The molecule has 1 aromatic carbocycles. The summed E-state index contributed by atoms with van der Waals surface area (Å²) in [5.41, 5.74) is 0.103. The van der Waals surface area contributed by atoms with Crippen LogP contribution < -0.4 is 0 Å². The van der Waals surface area contributed by atoms with E-state index in [1.165, 1.54) is 12.1 Å². The minimum Gasteiger partial charge on any atom is -0.393 e. The lowest BCUT2D eigenvalue weighted by molar-refractivity contribution is -0.543. The maximum atomic E-state index is 10.5. The summed E-state index contributed by atoms with van der Waals surface area (Å²) >= 11 is 0. The van der Waals surface area contributed by atoms with Gasteiger partial charge in [0.05, 0.1) is 11.5 Å². The number of aliphatic hydroxyl groups is 1. The molecule has 1 heterocycles. The van der Waals surface area contributed by atoms with Crippen LogP contribution in [0.4, 0.5) is 0 Å². The maximum absolute atomic E-state index is 10.5. The van der Waals surface area contributed by atoms with Crippen molar-refractivity contribution < 1.29 is 27.9 Å². The van der Waals surface area contributed by atoms with E-state index in [0.29, 0.717) is 0 Å². The van der Waals surface area contributed by atoms with Gasteiger partial charge in [0.15, 0.2) is 5.60 Å². The van der Waals surface area contributed by atoms with Gasteiger partial charge < -0.3 is 5.11 Å². The average molecular weight is 304 g/mol. The van der Waals surface area contributed by atoms with Crippen molar-refractivity contribution in [3.8, 4) is 0 Å². The van der Waals surface area contributed by atoms with Gasteiger partial charge in [0.25, 0.3) is 10.1 Å². The van der Waals surface area contributed by atoms with E-state index in [4.69, 9.17) is 19.4 Å². The summed E-state index contributed by atoms with van der Waals surface area (Å²) in [6.45, 7) is 7.42. The van der Waals surface area contributed by atoms with Crippen LogP contribution in [0.5, 0.6) is 0 Å². The van der Waals surface area contributed by atoms with Crippen molar-refractivity contribution >= 4 is 10.1 Å². The third-order valence-electron chi connectivity index (χ3n) is 3.33. The van der Waals surface area contributed by atoms with Gasteiger partial charge in [-0.25, -0.2) is 9.78 Å². The lowest BCUT2D eigenvalue weighted by atomic mass is 9.87. The highest BCUT2D eigenvalue weighted by Gasteiger charge is 2.54. The van der Waals surface area contributed by atoms with Gasteiger partial charge in [-0.2, -0.15) is 8.42 Å². The Hall–Kier alpha value is -0.990. The Balaban J connectivity index is 0.000000204. The van der Waals surface area contributed by atoms with E-state index >= 15 is 0 Å². The summed E-state index contributed by atoms with van der Waals surface area (Å²) in [4.78, 5) is 9.43. The van der Waals surface area contributed by atoms with Crippen molar-refractivity contribution in [2.75, 3.05) is 6.61 Å². The van der Waals surface area contributed by atoms with Crippen LogP contribution in [0.15, 0.2) is 29.2 Å². The average Bonchev–Trinajstić information content (AvgIpc) is 2.36. The Morgan fingerprint density at radius 2 is 1.60 bits per heavy atom. The summed E-state index contributed by atoms with van der Waals surface area (Å²) in [7, 11) is -4.02. The molecule has 0 radical (unpaired) electrons. The molecule has 2 rings (SSSR count). The fourth-order valence-corrected chi connectivity index (χ4v) is 1.76. The van der Waals surface area contributed by atoms with Crippen molar-refractivity contribution in [1.82, 2.24) is 0 Å². The van der Waals surface area contributed by atoms with Gasteiger partial charge in [-0.1, -0.05) is 17.7 Å². The molecule has 0 aliphatic carbocycles. The number of rotatable bonds is 2. The minimum atomic E-state index is -4.02. The first-order chi connectivity index (χ1) is 9.02. The zero-order valence-corrected chi connectivity index (χ0v) is 12.8. The SMILES string of the molecule is CC1(C)OOC1(C)CO.Cc1ccc(S(=O)(=O)O)cc1. The van der Waals surface area contributed by atoms with E-state index in [-0.39, 0.29) is 17.1 Å². The van der Waals surface area contributed by atoms with Crippen LogP contribution in [0.2, 0.25) is 0 Å². The van der Waals surface area contributed by atoms with Gasteiger partial charge in [0.2, 0.25) is 0 Å². The van der Waals surface area contributed by atoms with Crippen molar-refractivity contribution in [3.05, 3.63) is 29.8 Å². The van der Waals surface area contributed by atoms with Crippen LogP contribution in [-0.4, -0.2) is 35.9 Å². The first-order valence-corrected chi connectivity index (χ1v) is 7.48. The van der Waals surface area contributed by atoms with Gasteiger partial charge in [0.1, 0.15) is 5.60 Å². The Kier molecular flexibility index (Phi) is 4.94. The first-order valence-electron chi connectivity index (χ1n) is 6.04. The smallest absolute Gasteiger partial charge is 0.294 e.